The van der Waals surface area contributed by atoms with Crippen molar-refractivity contribution in [1.29, 1.82) is 0 Å². The van der Waals surface area contributed by atoms with Crippen LogP contribution in [0.5, 0.6) is 0 Å². The second kappa shape index (κ2) is 5.31. The Kier molecular flexibility index (Phi) is 4.28. The van der Waals surface area contributed by atoms with E-state index in [1.165, 1.54) is 19.2 Å². The summed E-state index contributed by atoms with van der Waals surface area (Å²) in [5, 5.41) is 0. The number of ether oxygens (including phenoxy) is 1. The van der Waals surface area contributed by atoms with Crippen LogP contribution in [0.1, 0.15) is 25.3 Å². The SMILES string of the molecule is CCS(=O)(=O)c1ccc([C@H](C)C(=O)OC)cc1. The fraction of sp³-hybridized carbons (Fsp3) is 0.417. The molecule has 0 aliphatic heterocycles. The highest BCUT2D eigenvalue weighted by atomic mass is 32.2. The van der Waals surface area contributed by atoms with Crippen LogP contribution in [0.3, 0.4) is 0 Å². The van der Waals surface area contributed by atoms with Crippen molar-refractivity contribution in [3.63, 3.8) is 0 Å². The molecule has 0 saturated carbocycles. The van der Waals surface area contributed by atoms with E-state index in [1.807, 2.05) is 0 Å². The lowest BCUT2D eigenvalue weighted by Crippen LogP contribution is -2.11. The molecule has 0 N–H and O–H groups in total. The average molecular weight is 256 g/mol. The van der Waals surface area contributed by atoms with Gasteiger partial charge >= 0.3 is 5.97 Å². The van der Waals surface area contributed by atoms with Crippen LogP contribution in [0.2, 0.25) is 0 Å². The monoisotopic (exact) mass is 256 g/mol. The Labute approximate surface area is 102 Å². The molecule has 0 aromatic heterocycles. The smallest absolute Gasteiger partial charge is 0.312 e. The van der Waals surface area contributed by atoms with E-state index < -0.39 is 15.8 Å². The van der Waals surface area contributed by atoms with Gasteiger partial charge in [0, 0.05) is 0 Å². The number of methoxy groups -OCH3 is 1. The summed E-state index contributed by atoms with van der Waals surface area (Å²) < 4.78 is 27.8. The van der Waals surface area contributed by atoms with Crippen LogP contribution in [-0.2, 0) is 19.4 Å². The molecule has 1 aromatic rings. The first-order valence-electron chi connectivity index (χ1n) is 5.33. The van der Waals surface area contributed by atoms with Crippen molar-refractivity contribution in [2.45, 2.75) is 24.7 Å². The largest absolute Gasteiger partial charge is 0.469 e. The molecule has 0 spiro atoms. The summed E-state index contributed by atoms with van der Waals surface area (Å²) >= 11 is 0. The van der Waals surface area contributed by atoms with Crippen molar-refractivity contribution in [1.82, 2.24) is 0 Å². The first-order valence-corrected chi connectivity index (χ1v) is 6.98. The maximum atomic E-state index is 11.6. The third kappa shape index (κ3) is 3.06. The summed E-state index contributed by atoms with van der Waals surface area (Å²) in [6.45, 7) is 3.31. The van der Waals surface area contributed by atoms with E-state index in [-0.39, 0.29) is 16.6 Å². The van der Waals surface area contributed by atoms with E-state index in [1.54, 1.807) is 26.0 Å². The lowest BCUT2D eigenvalue weighted by atomic mass is 10.0. The van der Waals surface area contributed by atoms with Gasteiger partial charge in [-0.05, 0) is 24.6 Å². The number of hydrogen-bond donors (Lipinski definition) is 0. The quantitative estimate of drug-likeness (QED) is 0.770. The van der Waals surface area contributed by atoms with Gasteiger partial charge in [-0.25, -0.2) is 8.42 Å². The van der Waals surface area contributed by atoms with Crippen molar-refractivity contribution in [2.75, 3.05) is 12.9 Å². The molecule has 5 heteroatoms. The van der Waals surface area contributed by atoms with Gasteiger partial charge in [0.05, 0.1) is 23.7 Å². The number of carbonyl (C=O) groups is 1. The molecule has 0 radical (unpaired) electrons. The maximum Gasteiger partial charge on any atom is 0.312 e. The highest BCUT2D eigenvalue weighted by Gasteiger charge is 2.17. The second-order valence-corrected chi connectivity index (χ2v) is 6.00. The zero-order valence-corrected chi connectivity index (χ0v) is 11.0. The van der Waals surface area contributed by atoms with Gasteiger partial charge in [0.1, 0.15) is 0 Å². The Hall–Kier alpha value is -1.36. The van der Waals surface area contributed by atoms with Crippen LogP contribution in [0.4, 0.5) is 0 Å². The minimum Gasteiger partial charge on any atom is -0.469 e. The molecule has 0 aliphatic carbocycles. The summed E-state index contributed by atoms with van der Waals surface area (Å²) in [5.74, 6) is -0.659. The molecule has 17 heavy (non-hydrogen) atoms. The van der Waals surface area contributed by atoms with Gasteiger partial charge in [-0.2, -0.15) is 0 Å². The normalized spacial score (nSPS) is 13.1. The van der Waals surface area contributed by atoms with Crippen LogP contribution in [0, 0.1) is 0 Å². The number of rotatable bonds is 4. The van der Waals surface area contributed by atoms with E-state index >= 15 is 0 Å². The number of benzene rings is 1. The first kappa shape index (κ1) is 13.7. The van der Waals surface area contributed by atoms with Crippen molar-refractivity contribution in [3.8, 4) is 0 Å². The van der Waals surface area contributed by atoms with E-state index in [4.69, 9.17) is 0 Å². The summed E-state index contributed by atoms with van der Waals surface area (Å²) in [6.07, 6.45) is 0. The van der Waals surface area contributed by atoms with E-state index in [0.717, 1.165) is 5.56 Å². The Balaban J connectivity index is 3.00. The topological polar surface area (TPSA) is 60.4 Å². The molecule has 0 fully saturated rings. The zero-order valence-electron chi connectivity index (χ0n) is 10.1. The number of esters is 1. The Bertz CT molecular complexity index is 488. The molecule has 94 valence electrons. The molecule has 4 nitrogen and oxygen atoms in total. The van der Waals surface area contributed by atoms with Crippen LogP contribution >= 0.6 is 0 Å². The molecular formula is C12H16O4S. The molecule has 0 aliphatic rings. The first-order chi connectivity index (χ1) is 7.92. The van der Waals surface area contributed by atoms with Crippen molar-refractivity contribution >= 4 is 15.8 Å². The lowest BCUT2D eigenvalue weighted by molar-refractivity contribution is -0.141. The van der Waals surface area contributed by atoms with Crippen molar-refractivity contribution in [3.05, 3.63) is 29.8 Å². The van der Waals surface area contributed by atoms with Crippen LogP contribution in [-0.4, -0.2) is 27.2 Å². The molecule has 0 heterocycles. The van der Waals surface area contributed by atoms with Gasteiger partial charge in [0.15, 0.2) is 9.84 Å². The van der Waals surface area contributed by atoms with Crippen molar-refractivity contribution in [2.24, 2.45) is 0 Å². The Morgan fingerprint density at radius 2 is 1.82 bits per heavy atom. The van der Waals surface area contributed by atoms with E-state index in [2.05, 4.69) is 4.74 Å². The summed E-state index contributed by atoms with van der Waals surface area (Å²) in [4.78, 5) is 11.6. The summed E-state index contributed by atoms with van der Waals surface area (Å²) in [5.41, 5.74) is 0.743. The number of hydrogen-bond acceptors (Lipinski definition) is 4. The van der Waals surface area contributed by atoms with Gasteiger partial charge in [-0.3, -0.25) is 4.79 Å². The predicted octanol–water partition coefficient (Wildman–Crippen LogP) is 1.76. The molecule has 0 bridgehead atoms. The average Bonchev–Trinajstić information content (AvgIpc) is 2.37. The predicted molar refractivity (Wildman–Crippen MR) is 64.6 cm³/mol. The fourth-order valence-electron chi connectivity index (χ4n) is 1.44. The number of sulfone groups is 1. The van der Waals surface area contributed by atoms with E-state index in [9.17, 15) is 13.2 Å². The molecule has 1 aromatic carbocycles. The van der Waals surface area contributed by atoms with Crippen LogP contribution < -0.4 is 0 Å². The minimum absolute atomic E-state index is 0.0684. The van der Waals surface area contributed by atoms with Crippen LogP contribution in [0.25, 0.3) is 0 Å². The molecular weight excluding hydrogens is 240 g/mol. The molecule has 0 amide bonds. The third-order valence-electron chi connectivity index (χ3n) is 2.67. The molecule has 1 rings (SSSR count). The van der Waals surface area contributed by atoms with Gasteiger partial charge in [0.25, 0.3) is 0 Å². The van der Waals surface area contributed by atoms with Crippen molar-refractivity contribution < 1.29 is 17.9 Å². The second-order valence-electron chi connectivity index (χ2n) is 3.72. The Morgan fingerprint density at radius 3 is 2.24 bits per heavy atom. The fourth-order valence-corrected chi connectivity index (χ4v) is 2.33. The zero-order chi connectivity index (χ0) is 13.1. The summed E-state index contributed by atoms with van der Waals surface area (Å²) in [7, 11) is -1.85. The van der Waals surface area contributed by atoms with Crippen LogP contribution in [0.15, 0.2) is 29.2 Å². The lowest BCUT2D eigenvalue weighted by Gasteiger charge is -2.10. The highest BCUT2D eigenvalue weighted by Crippen LogP contribution is 2.19. The molecule has 0 unspecified atom stereocenters. The van der Waals surface area contributed by atoms with Gasteiger partial charge < -0.3 is 4.74 Å². The maximum absolute atomic E-state index is 11.6. The van der Waals surface area contributed by atoms with E-state index in [0.29, 0.717) is 0 Å². The number of carbonyl (C=O) groups excluding carboxylic acids is 1. The molecule has 1 atom stereocenters. The highest BCUT2D eigenvalue weighted by molar-refractivity contribution is 7.91. The Morgan fingerprint density at radius 1 is 1.29 bits per heavy atom. The standard InChI is InChI=1S/C12H16O4S/c1-4-17(14,15)11-7-5-10(6-8-11)9(2)12(13)16-3/h5-9H,4H2,1-3H3/t9-/m0/s1. The van der Waals surface area contributed by atoms with Gasteiger partial charge in [-0.15, -0.1) is 0 Å². The van der Waals surface area contributed by atoms with Gasteiger partial charge in [0.2, 0.25) is 0 Å². The third-order valence-corrected chi connectivity index (χ3v) is 4.42. The molecule has 0 saturated heterocycles. The van der Waals surface area contributed by atoms with Gasteiger partial charge in [-0.1, -0.05) is 19.1 Å². The summed E-state index contributed by atoms with van der Waals surface area (Å²) in [6, 6.07) is 6.33. The minimum atomic E-state index is -3.18.